The van der Waals surface area contributed by atoms with Crippen molar-refractivity contribution in [1.29, 1.82) is 5.26 Å². The van der Waals surface area contributed by atoms with E-state index < -0.39 is 11.6 Å². The molecule has 41 heavy (non-hydrogen) atoms. The molecule has 0 amide bonds. The van der Waals surface area contributed by atoms with Gasteiger partial charge >= 0.3 is 6.01 Å². The van der Waals surface area contributed by atoms with Crippen LogP contribution in [0.3, 0.4) is 0 Å². The summed E-state index contributed by atoms with van der Waals surface area (Å²) in [5.41, 5.74) is 6.52. The lowest BCUT2D eigenvalue weighted by atomic mass is 9.97. The van der Waals surface area contributed by atoms with Crippen molar-refractivity contribution in [3.05, 3.63) is 40.4 Å². The van der Waals surface area contributed by atoms with E-state index in [4.69, 9.17) is 27.1 Å². The van der Waals surface area contributed by atoms with Crippen LogP contribution in [0.2, 0.25) is 5.02 Å². The third kappa shape index (κ3) is 4.45. The highest BCUT2D eigenvalue weighted by Crippen LogP contribution is 2.46. The summed E-state index contributed by atoms with van der Waals surface area (Å²) in [6, 6.07) is 7.38. The molecule has 1 unspecified atom stereocenters. The van der Waals surface area contributed by atoms with Gasteiger partial charge in [-0.1, -0.05) is 17.7 Å². The molecule has 212 valence electrons. The lowest BCUT2D eigenvalue weighted by molar-refractivity contribution is 0.188. The van der Waals surface area contributed by atoms with Crippen molar-refractivity contribution < 1.29 is 13.5 Å². The molecule has 0 aliphatic carbocycles. The zero-order valence-electron chi connectivity index (χ0n) is 22.4. The standard InChI is InChI=1S/C29H28ClF2N7OS/c1-38-8-2-3-16(38)13-40-29-36-25-18(28(37-29)39-11-14-4-5-15(12-39)35-14)9-20(30)23(24(25)32)17-6-7-21(31)26-22(17)19(10-33)27(34)41-26/h6-7,9,14-16,35H,2-5,8,11-13,34H2,1H3/t14-,15?,16+/m1/s1. The van der Waals surface area contributed by atoms with Gasteiger partial charge in [0, 0.05) is 47.6 Å². The number of piperazine rings is 1. The molecule has 3 atom stereocenters. The Hall–Kier alpha value is -3.30. The number of likely N-dealkylation sites (N-methyl/N-ethyl adjacent to an activating group) is 1. The van der Waals surface area contributed by atoms with E-state index in [0.717, 1.165) is 56.7 Å². The SMILES string of the molecule is CN1CCC[C@H]1COc1nc(N2CC3CC[C@H](C2)N3)c2cc(Cl)c(-c3ccc(F)c4sc(N)c(C#N)c34)c(F)c2n1. The second kappa shape index (κ2) is 10.2. The van der Waals surface area contributed by atoms with Gasteiger partial charge in [0.1, 0.15) is 34.8 Å². The van der Waals surface area contributed by atoms with Crippen LogP contribution < -0.4 is 20.7 Å². The first kappa shape index (κ1) is 26.6. The van der Waals surface area contributed by atoms with Crippen LogP contribution in [0.4, 0.5) is 19.6 Å². The molecule has 2 bridgehead atoms. The van der Waals surface area contributed by atoms with Gasteiger partial charge in [-0.15, -0.1) is 11.3 Å². The van der Waals surface area contributed by atoms with Gasteiger partial charge in [-0.05, 0) is 57.0 Å². The van der Waals surface area contributed by atoms with Crippen LogP contribution in [-0.4, -0.2) is 66.3 Å². The molecule has 3 aliphatic heterocycles. The summed E-state index contributed by atoms with van der Waals surface area (Å²) < 4.78 is 37.8. The highest BCUT2D eigenvalue weighted by atomic mass is 35.5. The average molecular weight is 596 g/mol. The Labute approximate surface area is 244 Å². The predicted octanol–water partition coefficient (Wildman–Crippen LogP) is 5.31. The Morgan fingerprint density at radius 3 is 2.71 bits per heavy atom. The second-order valence-corrected chi connectivity index (χ2v) is 12.6. The Balaban J connectivity index is 1.41. The summed E-state index contributed by atoms with van der Waals surface area (Å²) in [6.07, 6.45) is 4.26. The average Bonchev–Trinajstić information content (AvgIpc) is 3.63. The van der Waals surface area contributed by atoms with Gasteiger partial charge in [-0.2, -0.15) is 15.2 Å². The minimum absolute atomic E-state index is 0.0324. The Kier molecular flexibility index (Phi) is 6.62. The van der Waals surface area contributed by atoms with Gasteiger partial charge in [0.05, 0.1) is 15.3 Å². The highest BCUT2D eigenvalue weighted by Gasteiger charge is 2.35. The molecule has 3 aliphatic rings. The monoisotopic (exact) mass is 595 g/mol. The molecular weight excluding hydrogens is 568 g/mol. The molecule has 0 radical (unpaired) electrons. The predicted molar refractivity (Wildman–Crippen MR) is 158 cm³/mol. The van der Waals surface area contributed by atoms with E-state index in [2.05, 4.69) is 27.1 Å². The van der Waals surface area contributed by atoms with Crippen LogP contribution in [0.5, 0.6) is 6.01 Å². The van der Waals surface area contributed by atoms with Crippen molar-refractivity contribution >= 4 is 54.7 Å². The number of thiophene rings is 1. The quantitative estimate of drug-likeness (QED) is 0.320. The van der Waals surface area contributed by atoms with Gasteiger partial charge in [-0.25, -0.2) is 8.78 Å². The van der Waals surface area contributed by atoms with Crippen LogP contribution in [0.25, 0.3) is 32.1 Å². The Morgan fingerprint density at radius 1 is 1.22 bits per heavy atom. The molecular formula is C29H28ClF2N7OS. The number of ether oxygens (including phenoxy) is 1. The summed E-state index contributed by atoms with van der Waals surface area (Å²) in [5, 5.41) is 14.4. The van der Waals surface area contributed by atoms with Crippen molar-refractivity contribution in [1.82, 2.24) is 20.2 Å². The fourth-order valence-electron chi connectivity index (χ4n) is 6.55. The van der Waals surface area contributed by atoms with E-state index in [1.165, 1.54) is 12.1 Å². The zero-order chi connectivity index (χ0) is 28.4. The number of nitriles is 1. The fraction of sp³-hybridized carbons (Fsp3) is 0.414. The minimum atomic E-state index is -0.682. The molecule has 3 fully saturated rings. The highest BCUT2D eigenvalue weighted by molar-refractivity contribution is 7.23. The molecule has 4 aromatic rings. The molecule has 2 aromatic carbocycles. The van der Waals surface area contributed by atoms with Crippen molar-refractivity contribution in [3.63, 3.8) is 0 Å². The summed E-state index contributed by atoms with van der Waals surface area (Å²) in [7, 11) is 2.06. The van der Waals surface area contributed by atoms with E-state index >= 15 is 4.39 Å². The van der Waals surface area contributed by atoms with E-state index in [-0.39, 0.29) is 54.4 Å². The van der Waals surface area contributed by atoms with Crippen molar-refractivity contribution in [2.45, 2.75) is 43.8 Å². The third-order valence-corrected chi connectivity index (χ3v) is 9.96. The third-order valence-electron chi connectivity index (χ3n) is 8.63. The van der Waals surface area contributed by atoms with Crippen LogP contribution in [0, 0.1) is 23.0 Å². The number of nitrogens with one attached hydrogen (secondary N) is 1. The maximum atomic E-state index is 16.7. The lowest BCUT2D eigenvalue weighted by Gasteiger charge is -2.34. The number of nitrogens with two attached hydrogens (primary N) is 1. The first-order valence-corrected chi connectivity index (χ1v) is 15.0. The van der Waals surface area contributed by atoms with Gasteiger partial charge in [0.2, 0.25) is 0 Å². The number of rotatable bonds is 5. The number of aromatic nitrogens is 2. The van der Waals surface area contributed by atoms with Crippen LogP contribution >= 0.6 is 22.9 Å². The van der Waals surface area contributed by atoms with Crippen molar-refractivity contribution in [2.24, 2.45) is 0 Å². The van der Waals surface area contributed by atoms with Crippen LogP contribution in [-0.2, 0) is 0 Å². The topological polar surface area (TPSA) is 103 Å². The van der Waals surface area contributed by atoms with E-state index in [1.807, 2.05) is 6.07 Å². The van der Waals surface area contributed by atoms with Gasteiger partial charge in [0.25, 0.3) is 0 Å². The van der Waals surface area contributed by atoms with E-state index in [0.29, 0.717) is 29.9 Å². The second-order valence-electron chi connectivity index (χ2n) is 11.2. The maximum Gasteiger partial charge on any atom is 0.319 e. The zero-order valence-corrected chi connectivity index (χ0v) is 24.0. The first-order chi connectivity index (χ1) is 19.8. The Morgan fingerprint density at radius 2 is 2.00 bits per heavy atom. The number of halogens is 3. The molecule has 7 rings (SSSR count). The summed E-state index contributed by atoms with van der Waals surface area (Å²) in [6.45, 7) is 2.86. The number of fused-ring (bicyclic) bond motifs is 4. The largest absolute Gasteiger partial charge is 0.462 e. The minimum Gasteiger partial charge on any atom is -0.462 e. The molecule has 0 spiro atoms. The fourth-order valence-corrected chi connectivity index (χ4v) is 7.79. The number of likely N-dealkylation sites (tertiary alicyclic amines) is 1. The van der Waals surface area contributed by atoms with Crippen LogP contribution in [0.1, 0.15) is 31.2 Å². The molecule has 3 N–H and O–H groups in total. The lowest BCUT2D eigenvalue weighted by Crippen LogP contribution is -2.51. The molecule has 8 nitrogen and oxygen atoms in total. The number of anilines is 2. The number of nitrogens with zero attached hydrogens (tertiary/aromatic N) is 5. The molecule has 2 aromatic heterocycles. The molecule has 3 saturated heterocycles. The number of hydrogen-bond donors (Lipinski definition) is 2. The number of hydrogen-bond acceptors (Lipinski definition) is 9. The normalized spacial score (nSPS) is 22.6. The van der Waals surface area contributed by atoms with Gasteiger partial charge in [-0.3, -0.25) is 0 Å². The van der Waals surface area contributed by atoms with Gasteiger partial charge in [0.15, 0.2) is 5.82 Å². The van der Waals surface area contributed by atoms with Crippen molar-refractivity contribution in [3.8, 4) is 23.2 Å². The maximum absolute atomic E-state index is 16.7. The molecule has 0 saturated carbocycles. The number of benzene rings is 2. The summed E-state index contributed by atoms with van der Waals surface area (Å²) >= 11 is 7.76. The molecule has 5 heterocycles. The number of nitrogen functional groups attached to an aromatic ring is 1. The molecule has 12 heteroatoms. The smallest absolute Gasteiger partial charge is 0.319 e. The van der Waals surface area contributed by atoms with Crippen molar-refractivity contribution in [2.75, 3.05) is 43.9 Å². The Bertz CT molecular complexity index is 1730. The summed E-state index contributed by atoms with van der Waals surface area (Å²) in [4.78, 5) is 13.8. The van der Waals surface area contributed by atoms with Crippen LogP contribution in [0.15, 0.2) is 18.2 Å². The van der Waals surface area contributed by atoms with Gasteiger partial charge < -0.3 is 25.6 Å². The first-order valence-electron chi connectivity index (χ1n) is 13.8. The van der Waals surface area contributed by atoms with E-state index in [9.17, 15) is 9.65 Å². The summed E-state index contributed by atoms with van der Waals surface area (Å²) in [5.74, 6) is -0.638. The van der Waals surface area contributed by atoms with E-state index in [1.54, 1.807) is 6.07 Å².